The molecule has 1 aromatic heterocycles. The zero-order valence-corrected chi connectivity index (χ0v) is 7.74. The summed E-state index contributed by atoms with van der Waals surface area (Å²) in [5.74, 6) is 5.80. The zero-order valence-electron chi connectivity index (χ0n) is 7.74. The third-order valence-corrected chi connectivity index (χ3v) is 1.65. The molecule has 1 aromatic rings. The van der Waals surface area contributed by atoms with Gasteiger partial charge in [0.15, 0.2) is 0 Å². The molecule has 1 rings (SSSR count). The fourth-order valence-corrected chi connectivity index (χ4v) is 0.945. The predicted molar refractivity (Wildman–Crippen MR) is 52.3 cm³/mol. The number of hydrogen-bond donors (Lipinski definition) is 4. The van der Waals surface area contributed by atoms with Gasteiger partial charge in [0, 0.05) is 5.56 Å². The van der Waals surface area contributed by atoms with Gasteiger partial charge < -0.3 is 16.5 Å². The number of carbonyl (C=O) groups excluding carboxylic acids is 1. The number of hydrazine groups is 1. The molecule has 1 heterocycles. The van der Waals surface area contributed by atoms with E-state index in [1.165, 1.54) is 6.33 Å². The second kappa shape index (κ2) is 4.38. The second-order valence-corrected chi connectivity index (χ2v) is 2.66. The molecular formula is C7H12N6O. The minimum atomic E-state index is -0.453. The summed E-state index contributed by atoms with van der Waals surface area (Å²) in [6.45, 7) is 1.81. The van der Waals surface area contributed by atoms with Crippen LogP contribution in [-0.4, -0.2) is 22.4 Å². The highest BCUT2D eigenvalue weighted by atomic mass is 16.1. The lowest BCUT2D eigenvalue weighted by molar-refractivity contribution is -0.116. The minimum Gasteiger partial charge on any atom is -0.368 e. The Balaban J connectivity index is 2.81. The molecule has 0 aliphatic rings. The van der Waals surface area contributed by atoms with Crippen LogP contribution in [0, 0.1) is 6.92 Å². The van der Waals surface area contributed by atoms with E-state index in [0.717, 1.165) is 5.56 Å². The molecule has 76 valence electrons. The quantitative estimate of drug-likeness (QED) is 0.361. The summed E-state index contributed by atoms with van der Waals surface area (Å²) < 4.78 is 0. The highest BCUT2D eigenvalue weighted by Crippen LogP contribution is 2.16. The second-order valence-electron chi connectivity index (χ2n) is 2.66. The first-order valence-corrected chi connectivity index (χ1v) is 3.95. The van der Waals surface area contributed by atoms with Crippen LogP contribution in [0.2, 0.25) is 0 Å². The number of hydrogen-bond acceptors (Lipinski definition) is 6. The van der Waals surface area contributed by atoms with Crippen LogP contribution in [0.3, 0.4) is 0 Å². The number of nitrogens with two attached hydrogens (primary N) is 2. The maximum Gasteiger partial charge on any atom is 0.236 e. The van der Waals surface area contributed by atoms with Gasteiger partial charge in [0.05, 0.1) is 6.54 Å². The van der Waals surface area contributed by atoms with Gasteiger partial charge in [-0.25, -0.2) is 15.8 Å². The molecule has 7 heteroatoms. The smallest absolute Gasteiger partial charge is 0.236 e. The lowest BCUT2D eigenvalue weighted by Gasteiger charge is -2.08. The Morgan fingerprint density at radius 2 is 2.14 bits per heavy atom. The molecule has 0 aliphatic heterocycles. The van der Waals surface area contributed by atoms with Crippen LogP contribution in [0.4, 0.5) is 11.6 Å². The molecule has 1 amide bonds. The maximum absolute atomic E-state index is 10.5. The van der Waals surface area contributed by atoms with Crippen molar-refractivity contribution in [3.8, 4) is 0 Å². The Bertz CT molecular complexity index is 339. The van der Waals surface area contributed by atoms with E-state index in [1.807, 2.05) is 0 Å². The zero-order chi connectivity index (χ0) is 10.6. The Kier molecular flexibility index (Phi) is 3.19. The summed E-state index contributed by atoms with van der Waals surface area (Å²) in [6.07, 6.45) is 1.34. The van der Waals surface area contributed by atoms with Crippen molar-refractivity contribution >= 4 is 17.5 Å². The van der Waals surface area contributed by atoms with Gasteiger partial charge in [-0.2, -0.15) is 0 Å². The first-order chi connectivity index (χ1) is 6.65. The largest absolute Gasteiger partial charge is 0.368 e. The number of nitrogen functional groups attached to an aromatic ring is 1. The monoisotopic (exact) mass is 196 g/mol. The molecule has 0 aliphatic carbocycles. The summed E-state index contributed by atoms with van der Waals surface area (Å²) in [5.41, 5.74) is 8.12. The SMILES string of the molecule is Cc1c(NN)ncnc1NCC(N)=O. The van der Waals surface area contributed by atoms with Crippen LogP contribution in [-0.2, 0) is 4.79 Å². The lowest BCUT2D eigenvalue weighted by atomic mass is 10.3. The fraction of sp³-hybridized carbons (Fsp3) is 0.286. The highest BCUT2D eigenvalue weighted by Gasteiger charge is 2.05. The molecule has 7 nitrogen and oxygen atoms in total. The third-order valence-electron chi connectivity index (χ3n) is 1.65. The maximum atomic E-state index is 10.5. The number of nitrogens with one attached hydrogen (secondary N) is 2. The first-order valence-electron chi connectivity index (χ1n) is 3.95. The Morgan fingerprint density at radius 1 is 1.50 bits per heavy atom. The molecule has 0 unspecified atom stereocenters. The van der Waals surface area contributed by atoms with E-state index in [9.17, 15) is 4.79 Å². The number of nitrogens with zero attached hydrogens (tertiary/aromatic N) is 2. The summed E-state index contributed by atoms with van der Waals surface area (Å²) in [5, 5.41) is 2.77. The Morgan fingerprint density at radius 3 is 2.71 bits per heavy atom. The summed E-state index contributed by atoms with van der Waals surface area (Å²) in [7, 11) is 0. The van der Waals surface area contributed by atoms with Crippen LogP contribution in [0.25, 0.3) is 0 Å². The fourth-order valence-electron chi connectivity index (χ4n) is 0.945. The number of rotatable bonds is 4. The van der Waals surface area contributed by atoms with Gasteiger partial charge in [-0.05, 0) is 6.92 Å². The van der Waals surface area contributed by atoms with E-state index in [1.54, 1.807) is 6.92 Å². The molecule has 0 spiro atoms. The van der Waals surface area contributed by atoms with Gasteiger partial charge in [-0.3, -0.25) is 4.79 Å². The highest BCUT2D eigenvalue weighted by molar-refractivity contribution is 5.79. The van der Waals surface area contributed by atoms with Gasteiger partial charge in [-0.1, -0.05) is 0 Å². The van der Waals surface area contributed by atoms with Crippen LogP contribution in [0.15, 0.2) is 6.33 Å². The van der Waals surface area contributed by atoms with E-state index in [-0.39, 0.29) is 6.54 Å². The van der Waals surface area contributed by atoms with Crippen molar-refractivity contribution in [1.29, 1.82) is 0 Å². The van der Waals surface area contributed by atoms with Crippen LogP contribution in [0.1, 0.15) is 5.56 Å². The molecule has 0 saturated carbocycles. The van der Waals surface area contributed by atoms with E-state index in [2.05, 4.69) is 20.7 Å². The summed E-state index contributed by atoms with van der Waals surface area (Å²) >= 11 is 0. The molecule has 0 atom stereocenters. The molecule has 0 fully saturated rings. The standard InChI is InChI=1S/C7H12N6O/c1-4-6(10-2-5(8)14)11-3-12-7(4)13-9/h3H,2,9H2,1H3,(H2,8,14)(H2,10,11,12,13). The number of amides is 1. The van der Waals surface area contributed by atoms with Crippen molar-refractivity contribution in [3.05, 3.63) is 11.9 Å². The average Bonchev–Trinajstić information content (AvgIpc) is 2.16. The molecule has 0 aromatic carbocycles. The van der Waals surface area contributed by atoms with Crippen LogP contribution in [0.5, 0.6) is 0 Å². The van der Waals surface area contributed by atoms with Gasteiger partial charge in [0.1, 0.15) is 18.0 Å². The topological polar surface area (TPSA) is 119 Å². The number of aromatic nitrogens is 2. The molecule has 0 radical (unpaired) electrons. The predicted octanol–water partition coefficient (Wildman–Crippen LogP) is -1.03. The normalized spacial score (nSPS) is 9.57. The van der Waals surface area contributed by atoms with Crippen LogP contribution >= 0.6 is 0 Å². The molecule has 6 N–H and O–H groups in total. The van der Waals surface area contributed by atoms with Crippen molar-refractivity contribution < 1.29 is 4.79 Å². The first kappa shape index (κ1) is 10.2. The summed E-state index contributed by atoms with van der Waals surface area (Å²) in [6, 6.07) is 0. The lowest BCUT2D eigenvalue weighted by Crippen LogP contribution is -2.23. The van der Waals surface area contributed by atoms with Crippen LogP contribution < -0.4 is 22.3 Å². The van der Waals surface area contributed by atoms with Gasteiger partial charge >= 0.3 is 0 Å². The molecule has 14 heavy (non-hydrogen) atoms. The average molecular weight is 196 g/mol. The van der Waals surface area contributed by atoms with Crippen molar-refractivity contribution in [2.75, 3.05) is 17.3 Å². The Hall–Kier alpha value is -1.89. The molecule has 0 bridgehead atoms. The number of carbonyl (C=O) groups is 1. The molecule has 0 saturated heterocycles. The van der Waals surface area contributed by atoms with Gasteiger partial charge in [0.25, 0.3) is 0 Å². The van der Waals surface area contributed by atoms with E-state index < -0.39 is 5.91 Å². The molecular weight excluding hydrogens is 184 g/mol. The summed E-state index contributed by atoms with van der Waals surface area (Å²) in [4.78, 5) is 18.3. The Labute approximate surface area is 80.9 Å². The van der Waals surface area contributed by atoms with Gasteiger partial charge in [0.2, 0.25) is 5.91 Å². The minimum absolute atomic E-state index is 0.0296. The van der Waals surface area contributed by atoms with E-state index >= 15 is 0 Å². The number of primary amides is 1. The van der Waals surface area contributed by atoms with Crippen molar-refractivity contribution in [1.82, 2.24) is 9.97 Å². The van der Waals surface area contributed by atoms with E-state index in [0.29, 0.717) is 11.6 Å². The van der Waals surface area contributed by atoms with E-state index in [4.69, 9.17) is 11.6 Å². The third kappa shape index (κ3) is 2.30. The number of anilines is 2. The van der Waals surface area contributed by atoms with Crippen molar-refractivity contribution in [3.63, 3.8) is 0 Å². The van der Waals surface area contributed by atoms with Crippen molar-refractivity contribution in [2.24, 2.45) is 11.6 Å². The van der Waals surface area contributed by atoms with Crippen molar-refractivity contribution in [2.45, 2.75) is 6.92 Å². The van der Waals surface area contributed by atoms with Gasteiger partial charge in [-0.15, -0.1) is 0 Å².